The number of ether oxygens (including phenoxy) is 1. The number of aromatic amines is 1. The fraction of sp³-hybridized carbons (Fsp3) is 0.208. The minimum Gasteiger partial charge on any atom is -0.457 e. The third-order valence-corrected chi connectivity index (χ3v) is 5.60. The zero-order valence-electron chi connectivity index (χ0n) is 18.6. The molecular weight excluding hydrogens is 481 g/mol. The molecule has 0 unspecified atom stereocenters. The number of benzene rings is 2. The number of alkyl halides is 3. The van der Waals surface area contributed by atoms with Crippen LogP contribution in [0.3, 0.4) is 0 Å². The first-order valence-corrected chi connectivity index (χ1v) is 10.7. The molecule has 9 nitrogen and oxygen atoms in total. The van der Waals surface area contributed by atoms with Crippen molar-refractivity contribution in [3.05, 3.63) is 87.8 Å². The van der Waals surface area contributed by atoms with E-state index in [2.05, 4.69) is 20.5 Å². The third kappa shape index (κ3) is 5.49. The lowest BCUT2D eigenvalue weighted by Crippen LogP contribution is -2.49. The Kier molecular flexibility index (Phi) is 6.71. The molecule has 12 heteroatoms. The van der Waals surface area contributed by atoms with E-state index < -0.39 is 40.4 Å². The van der Waals surface area contributed by atoms with Gasteiger partial charge < -0.3 is 25.2 Å². The summed E-state index contributed by atoms with van der Waals surface area (Å²) in [6.07, 6.45) is -2.43. The van der Waals surface area contributed by atoms with Gasteiger partial charge in [-0.25, -0.2) is 0 Å². The van der Waals surface area contributed by atoms with Crippen LogP contribution in [0.2, 0.25) is 0 Å². The lowest BCUT2D eigenvalue weighted by Gasteiger charge is -2.17. The molecule has 2 aromatic carbocycles. The van der Waals surface area contributed by atoms with Gasteiger partial charge in [-0.05, 0) is 60.9 Å². The summed E-state index contributed by atoms with van der Waals surface area (Å²) in [5.41, 5.74) is -2.13. The van der Waals surface area contributed by atoms with Crippen LogP contribution in [-0.2, 0) is 17.5 Å². The standard InChI is InChI=1S/C24H21F3N4O5/c25-24(26,27)18-12-16(36-28)7-8-19(18)35-15-5-3-14(4-6-15)13-30-22(34)23(9-10-23)31-21(33)17-2-1-11-29-20(17)32/h1-8,11-12H,9-10,13,28H2,(H,29,32)(H,30,34)(H,31,33). The van der Waals surface area contributed by atoms with E-state index in [0.717, 1.165) is 12.1 Å². The number of nitrogens with two attached hydrogens (primary N) is 1. The number of hydrogen-bond donors (Lipinski definition) is 4. The first-order chi connectivity index (χ1) is 17.1. The molecule has 1 aromatic heterocycles. The molecule has 1 fully saturated rings. The highest BCUT2D eigenvalue weighted by Gasteiger charge is 2.51. The number of nitrogens with one attached hydrogen (secondary N) is 3. The maximum absolute atomic E-state index is 13.3. The molecule has 5 N–H and O–H groups in total. The molecule has 2 amide bonds. The molecule has 1 aliphatic rings. The highest BCUT2D eigenvalue weighted by Crippen LogP contribution is 2.40. The average Bonchev–Trinajstić information content (AvgIpc) is 3.63. The predicted octanol–water partition coefficient (Wildman–Crippen LogP) is 3.02. The summed E-state index contributed by atoms with van der Waals surface area (Å²) in [4.78, 5) is 43.6. The topological polar surface area (TPSA) is 136 Å². The molecule has 0 spiro atoms. The van der Waals surface area contributed by atoms with Crippen LogP contribution in [0.15, 0.2) is 65.6 Å². The van der Waals surface area contributed by atoms with Crippen molar-refractivity contribution in [1.29, 1.82) is 0 Å². The Morgan fingerprint density at radius 2 is 1.75 bits per heavy atom. The number of amides is 2. The van der Waals surface area contributed by atoms with Gasteiger partial charge in [-0.3, -0.25) is 14.4 Å². The molecule has 36 heavy (non-hydrogen) atoms. The molecule has 1 saturated carbocycles. The molecule has 188 valence electrons. The zero-order valence-corrected chi connectivity index (χ0v) is 18.6. The Balaban J connectivity index is 1.37. The van der Waals surface area contributed by atoms with Gasteiger partial charge in [-0.1, -0.05) is 12.1 Å². The number of pyridine rings is 1. The fourth-order valence-electron chi connectivity index (χ4n) is 3.47. The van der Waals surface area contributed by atoms with E-state index >= 15 is 0 Å². The molecule has 3 aromatic rings. The summed E-state index contributed by atoms with van der Waals surface area (Å²) >= 11 is 0. The molecule has 1 aliphatic carbocycles. The summed E-state index contributed by atoms with van der Waals surface area (Å²) in [7, 11) is 0. The minimum absolute atomic E-state index is 0.0916. The van der Waals surface area contributed by atoms with Crippen LogP contribution in [0.25, 0.3) is 0 Å². The number of hydrogen-bond acceptors (Lipinski definition) is 6. The Bertz CT molecular complexity index is 1330. The van der Waals surface area contributed by atoms with E-state index in [4.69, 9.17) is 10.6 Å². The van der Waals surface area contributed by atoms with Gasteiger partial charge >= 0.3 is 6.18 Å². The van der Waals surface area contributed by atoms with Crippen LogP contribution >= 0.6 is 0 Å². The van der Waals surface area contributed by atoms with E-state index in [0.29, 0.717) is 18.4 Å². The monoisotopic (exact) mass is 502 g/mol. The van der Waals surface area contributed by atoms with Crippen LogP contribution < -0.4 is 31.7 Å². The van der Waals surface area contributed by atoms with E-state index in [1.54, 1.807) is 12.1 Å². The Morgan fingerprint density at radius 1 is 1.06 bits per heavy atom. The number of carbonyl (C=O) groups excluding carboxylic acids is 2. The summed E-state index contributed by atoms with van der Waals surface area (Å²) in [6, 6.07) is 12.1. The second-order valence-corrected chi connectivity index (χ2v) is 8.15. The van der Waals surface area contributed by atoms with Crippen LogP contribution in [0.4, 0.5) is 13.2 Å². The number of aromatic nitrogens is 1. The summed E-state index contributed by atoms with van der Waals surface area (Å²) in [5, 5.41) is 5.35. The van der Waals surface area contributed by atoms with Gasteiger partial charge in [0.1, 0.15) is 33.9 Å². The van der Waals surface area contributed by atoms with Crippen molar-refractivity contribution in [1.82, 2.24) is 15.6 Å². The van der Waals surface area contributed by atoms with Crippen LogP contribution in [-0.4, -0.2) is 22.3 Å². The minimum atomic E-state index is -4.68. The van der Waals surface area contributed by atoms with Crippen molar-refractivity contribution >= 4 is 11.8 Å². The number of halogens is 3. The first kappa shape index (κ1) is 24.8. The second kappa shape index (κ2) is 9.74. The van der Waals surface area contributed by atoms with Gasteiger partial charge in [0, 0.05) is 12.7 Å². The predicted molar refractivity (Wildman–Crippen MR) is 121 cm³/mol. The largest absolute Gasteiger partial charge is 0.457 e. The fourth-order valence-corrected chi connectivity index (χ4v) is 3.47. The van der Waals surface area contributed by atoms with Crippen LogP contribution in [0.5, 0.6) is 17.2 Å². The van der Waals surface area contributed by atoms with Gasteiger partial charge in [0.2, 0.25) is 5.91 Å². The third-order valence-electron chi connectivity index (χ3n) is 5.60. The maximum Gasteiger partial charge on any atom is 0.420 e. The Morgan fingerprint density at radius 3 is 2.36 bits per heavy atom. The van der Waals surface area contributed by atoms with E-state index in [-0.39, 0.29) is 23.6 Å². The van der Waals surface area contributed by atoms with Crippen molar-refractivity contribution in [2.24, 2.45) is 5.90 Å². The molecule has 1 heterocycles. The highest BCUT2D eigenvalue weighted by atomic mass is 19.4. The van der Waals surface area contributed by atoms with Crippen LogP contribution in [0.1, 0.15) is 34.3 Å². The lowest BCUT2D eigenvalue weighted by molar-refractivity contribution is -0.138. The summed E-state index contributed by atoms with van der Waals surface area (Å²) in [5.74, 6) is 3.46. The molecule has 0 atom stereocenters. The highest BCUT2D eigenvalue weighted by molar-refractivity contribution is 6.00. The summed E-state index contributed by atoms with van der Waals surface area (Å²) in [6.45, 7) is 0.110. The average molecular weight is 502 g/mol. The van der Waals surface area contributed by atoms with Gasteiger partial charge in [0.15, 0.2) is 0 Å². The first-order valence-electron chi connectivity index (χ1n) is 10.7. The quantitative estimate of drug-likeness (QED) is 0.350. The van der Waals surface area contributed by atoms with Crippen molar-refractivity contribution in [3.8, 4) is 17.2 Å². The summed E-state index contributed by atoms with van der Waals surface area (Å²) < 4.78 is 45.4. The zero-order chi connectivity index (χ0) is 25.9. The van der Waals surface area contributed by atoms with Gasteiger partial charge in [0.05, 0.1) is 0 Å². The van der Waals surface area contributed by atoms with Crippen LogP contribution in [0, 0.1) is 0 Å². The molecule has 0 bridgehead atoms. The SMILES string of the molecule is NOc1ccc(Oc2ccc(CNC(=O)C3(NC(=O)c4ccc[nH]c4=O)CC3)cc2)c(C(F)(F)F)c1. The number of H-pyrrole nitrogens is 1. The molecule has 0 saturated heterocycles. The van der Waals surface area contributed by atoms with E-state index in [1.165, 1.54) is 36.5 Å². The Hall–Kier alpha value is -4.32. The molecule has 0 aliphatic heterocycles. The van der Waals surface area contributed by atoms with E-state index in [1.807, 2.05) is 0 Å². The van der Waals surface area contributed by atoms with Gasteiger partial charge in [-0.2, -0.15) is 19.1 Å². The number of carbonyl (C=O) groups is 2. The number of rotatable bonds is 8. The normalized spacial score (nSPS) is 14.0. The van der Waals surface area contributed by atoms with Crippen molar-refractivity contribution in [3.63, 3.8) is 0 Å². The van der Waals surface area contributed by atoms with Crippen molar-refractivity contribution < 1.29 is 32.3 Å². The van der Waals surface area contributed by atoms with Gasteiger partial charge in [-0.15, -0.1) is 0 Å². The lowest BCUT2D eigenvalue weighted by atomic mass is 10.1. The molecular formula is C24H21F3N4O5. The molecule has 4 rings (SSSR count). The smallest absolute Gasteiger partial charge is 0.420 e. The maximum atomic E-state index is 13.3. The van der Waals surface area contributed by atoms with Crippen molar-refractivity contribution in [2.75, 3.05) is 0 Å². The van der Waals surface area contributed by atoms with Crippen molar-refractivity contribution in [2.45, 2.75) is 31.1 Å². The van der Waals surface area contributed by atoms with Gasteiger partial charge in [0.25, 0.3) is 11.5 Å². The Labute approximate surface area is 202 Å². The second-order valence-electron chi connectivity index (χ2n) is 8.15. The van der Waals surface area contributed by atoms with E-state index in [9.17, 15) is 27.6 Å². The molecule has 0 radical (unpaired) electrons.